The van der Waals surface area contributed by atoms with E-state index in [2.05, 4.69) is 40.4 Å². The molecule has 6 nitrogen and oxygen atoms in total. The number of carbonyl (C=O) groups excluding carboxylic acids is 1. The van der Waals surface area contributed by atoms with Crippen LogP contribution in [0.2, 0.25) is 5.02 Å². The van der Waals surface area contributed by atoms with Crippen molar-refractivity contribution in [2.45, 2.75) is 26.3 Å². The normalized spacial score (nSPS) is 12.3. The number of guanidine groups is 1. The fraction of sp³-hybridized carbons (Fsp3) is 0.579. The maximum Gasteiger partial charge on any atom is 0.223 e. The van der Waals surface area contributed by atoms with E-state index >= 15 is 0 Å². The lowest BCUT2D eigenvalue weighted by molar-refractivity contribution is -0.128. The Bertz CT molecular complexity index is 593. The Morgan fingerprint density at radius 3 is 2.33 bits per heavy atom. The largest absolute Gasteiger partial charge is 0.356 e. The van der Waals surface area contributed by atoms with E-state index in [1.54, 1.807) is 26.0 Å². The van der Waals surface area contributed by atoms with Crippen LogP contribution in [0.15, 0.2) is 29.3 Å². The van der Waals surface area contributed by atoms with Gasteiger partial charge in [0.25, 0.3) is 0 Å². The number of amides is 1. The first-order valence-corrected chi connectivity index (χ1v) is 9.45. The van der Waals surface area contributed by atoms with Crippen LogP contribution in [0.4, 0.5) is 0 Å². The number of halogens is 2. The van der Waals surface area contributed by atoms with E-state index in [4.69, 9.17) is 11.6 Å². The molecule has 1 rings (SSSR count). The Balaban J connectivity index is 0.00000676. The van der Waals surface area contributed by atoms with Gasteiger partial charge in [-0.3, -0.25) is 14.7 Å². The molecule has 27 heavy (non-hydrogen) atoms. The first-order valence-electron chi connectivity index (χ1n) is 9.07. The van der Waals surface area contributed by atoms with Crippen molar-refractivity contribution < 1.29 is 4.79 Å². The highest BCUT2D eigenvalue weighted by Gasteiger charge is 2.20. The number of nitrogens with zero attached hydrogens (tertiary/aromatic N) is 3. The van der Waals surface area contributed by atoms with Gasteiger partial charge < -0.3 is 15.5 Å². The summed E-state index contributed by atoms with van der Waals surface area (Å²) in [5, 5.41) is 7.32. The number of likely N-dealkylation sites (N-methyl/N-ethyl adjacent to an activating group) is 1. The van der Waals surface area contributed by atoms with Crippen LogP contribution >= 0.6 is 35.6 Å². The number of benzene rings is 1. The van der Waals surface area contributed by atoms with E-state index in [-0.39, 0.29) is 35.9 Å². The molecule has 0 bridgehead atoms. The number of hydrogen-bond donors (Lipinski definition) is 2. The summed E-state index contributed by atoms with van der Waals surface area (Å²) in [7, 11) is 5.24. The van der Waals surface area contributed by atoms with E-state index < -0.39 is 0 Å². The summed E-state index contributed by atoms with van der Waals surface area (Å²) >= 11 is 6.43. The van der Waals surface area contributed by atoms with Gasteiger partial charge in [0, 0.05) is 45.7 Å². The predicted octanol–water partition coefficient (Wildman–Crippen LogP) is 2.98. The minimum atomic E-state index is 0. The summed E-state index contributed by atoms with van der Waals surface area (Å²) in [6, 6.07) is 8.09. The van der Waals surface area contributed by atoms with Gasteiger partial charge in [-0.15, -0.1) is 24.0 Å². The van der Waals surface area contributed by atoms with E-state index in [9.17, 15) is 4.79 Å². The molecular formula is C19H33ClIN5O. The van der Waals surface area contributed by atoms with Crippen molar-refractivity contribution in [2.75, 3.05) is 47.3 Å². The lowest BCUT2D eigenvalue weighted by atomic mass is 10.0. The molecule has 0 aliphatic carbocycles. The van der Waals surface area contributed by atoms with E-state index in [0.717, 1.165) is 23.7 Å². The summed E-state index contributed by atoms with van der Waals surface area (Å²) in [4.78, 5) is 19.9. The van der Waals surface area contributed by atoms with Gasteiger partial charge in [0.15, 0.2) is 5.96 Å². The van der Waals surface area contributed by atoms with Crippen molar-refractivity contribution in [3.63, 3.8) is 0 Å². The number of hydrogen-bond acceptors (Lipinski definition) is 3. The molecule has 0 saturated carbocycles. The minimum Gasteiger partial charge on any atom is -0.356 e. The van der Waals surface area contributed by atoms with E-state index in [1.165, 1.54) is 0 Å². The van der Waals surface area contributed by atoms with Crippen molar-refractivity contribution in [3.8, 4) is 0 Å². The first-order chi connectivity index (χ1) is 12.4. The first kappa shape index (κ1) is 25.9. The van der Waals surface area contributed by atoms with Crippen molar-refractivity contribution in [1.29, 1.82) is 0 Å². The summed E-state index contributed by atoms with van der Waals surface area (Å²) in [5.74, 6) is 0.769. The summed E-state index contributed by atoms with van der Waals surface area (Å²) < 4.78 is 0. The number of carbonyl (C=O) groups is 1. The molecule has 0 spiro atoms. The zero-order valence-electron chi connectivity index (χ0n) is 17.0. The topological polar surface area (TPSA) is 60.0 Å². The lowest BCUT2D eigenvalue weighted by Gasteiger charge is -2.31. The van der Waals surface area contributed by atoms with Crippen LogP contribution in [0.25, 0.3) is 0 Å². The molecule has 1 atom stereocenters. The summed E-state index contributed by atoms with van der Waals surface area (Å²) in [6.07, 6.45) is 0.428. The molecular weight excluding hydrogens is 477 g/mol. The third-order valence-electron chi connectivity index (χ3n) is 4.33. The molecule has 1 aromatic rings. The molecule has 0 heterocycles. The second kappa shape index (κ2) is 14.0. The highest BCUT2D eigenvalue weighted by atomic mass is 127. The van der Waals surface area contributed by atoms with Crippen LogP contribution in [0.5, 0.6) is 0 Å². The highest BCUT2D eigenvalue weighted by molar-refractivity contribution is 14.0. The third-order valence-corrected chi connectivity index (χ3v) is 4.68. The zero-order chi connectivity index (χ0) is 19.5. The maximum atomic E-state index is 11.7. The van der Waals surface area contributed by atoms with E-state index in [0.29, 0.717) is 25.5 Å². The molecule has 8 heteroatoms. The van der Waals surface area contributed by atoms with Gasteiger partial charge in [-0.1, -0.05) is 43.6 Å². The van der Waals surface area contributed by atoms with Crippen LogP contribution in [-0.4, -0.2) is 69.0 Å². The molecule has 1 amide bonds. The van der Waals surface area contributed by atoms with Crippen LogP contribution in [0, 0.1) is 0 Å². The SMILES string of the molecule is CCN(CC)C(CNC(=NC)NCCC(=O)N(C)C)c1ccccc1Cl.I. The fourth-order valence-electron chi connectivity index (χ4n) is 2.77. The maximum absolute atomic E-state index is 11.7. The molecule has 154 valence electrons. The number of nitrogens with one attached hydrogen (secondary N) is 2. The van der Waals surface area contributed by atoms with Gasteiger partial charge in [-0.2, -0.15) is 0 Å². The summed E-state index contributed by atoms with van der Waals surface area (Å²) in [6.45, 7) is 7.36. The quantitative estimate of drug-likeness (QED) is 0.305. The molecule has 0 aromatic heterocycles. The van der Waals surface area contributed by atoms with Crippen LogP contribution in [0.3, 0.4) is 0 Å². The van der Waals surface area contributed by atoms with Crippen LogP contribution in [-0.2, 0) is 4.79 Å². The number of rotatable bonds is 9. The lowest BCUT2D eigenvalue weighted by Crippen LogP contribution is -2.44. The predicted molar refractivity (Wildman–Crippen MR) is 125 cm³/mol. The van der Waals surface area contributed by atoms with Crippen molar-refractivity contribution >= 4 is 47.4 Å². The molecule has 0 aliphatic rings. The zero-order valence-corrected chi connectivity index (χ0v) is 20.0. The minimum absolute atomic E-state index is 0. The molecule has 0 radical (unpaired) electrons. The van der Waals surface area contributed by atoms with Gasteiger partial charge in [0.05, 0.1) is 6.04 Å². The molecule has 0 saturated heterocycles. The standard InChI is InChI=1S/C19H32ClN5O.HI/c1-6-25(7-2)17(15-10-8-9-11-16(15)20)14-23-19(21-3)22-13-12-18(26)24(4)5;/h8-11,17H,6-7,12-14H2,1-5H3,(H2,21,22,23);1H. The Hall–Kier alpha value is -1.06. The molecule has 2 N–H and O–H groups in total. The summed E-state index contributed by atoms with van der Waals surface area (Å²) in [5.41, 5.74) is 1.10. The van der Waals surface area contributed by atoms with Crippen molar-refractivity contribution in [1.82, 2.24) is 20.4 Å². The average molecular weight is 510 g/mol. The Morgan fingerprint density at radius 1 is 1.19 bits per heavy atom. The molecule has 1 unspecified atom stereocenters. The van der Waals surface area contributed by atoms with Crippen LogP contribution < -0.4 is 10.6 Å². The van der Waals surface area contributed by atoms with Crippen molar-refractivity contribution in [2.24, 2.45) is 4.99 Å². The number of aliphatic imine (C=N–C) groups is 1. The van der Waals surface area contributed by atoms with Crippen molar-refractivity contribution in [3.05, 3.63) is 34.9 Å². The molecule has 0 aliphatic heterocycles. The van der Waals surface area contributed by atoms with Gasteiger partial charge in [-0.25, -0.2) is 0 Å². The average Bonchev–Trinajstić information content (AvgIpc) is 2.63. The van der Waals surface area contributed by atoms with Gasteiger partial charge in [-0.05, 0) is 24.7 Å². The second-order valence-electron chi connectivity index (χ2n) is 6.18. The third kappa shape index (κ3) is 8.66. The highest BCUT2D eigenvalue weighted by Crippen LogP contribution is 2.26. The Labute approximate surface area is 185 Å². The van der Waals surface area contributed by atoms with E-state index in [1.807, 2.05) is 18.2 Å². The second-order valence-corrected chi connectivity index (χ2v) is 6.58. The van der Waals surface area contributed by atoms with Gasteiger partial charge in [0.1, 0.15) is 0 Å². The molecule has 1 aromatic carbocycles. The smallest absolute Gasteiger partial charge is 0.223 e. The van der Waals surface area contributed by atoms with Gasteiger partial charge in [0.2, 0.25) is 5.91 Å². The Morgan fingerprint density at radius 2 is 1.81 bits per heavy atom. The molecule has 0 fully saturated rings. The monoisotopic (exact) mass is 509 g/mol. The Kier molecular flexibility index (Phi) is 13.5. The van der Waals surface area contributed by atoms with Gasteiger partial charge >= 0.3 is 0 Å². The van der Waals surface area contributed by atoms with Crippen LogP contribution in [0.1, 0.15) is 31.9 Å². The fourth-order valence-corrected chi connectivity index (χ4v) is 3.03.